The lowest BCUT2D eigenvalue weighted by molar-refractivity contribution is 0.304. The van der Waals surface area contributed by atoms with Crippen LogP contribution in [-0.4, -0.2) is 43.5 Å². The minimum atomic E-state index is 0.481. The molecule has 1 aliphatic carbocycles. The van der Waals surface area contributed by atoms with E-state index in [0.29, 0.717) is 12.5 Å². The molecule has 2 aromatic carbocycles. The van der Waals surface area contributed by atoms with Crippen molar-refractivity contribution in [2.75, 3.05) is 33.9 Å². The molecule has 188 valence electrons. The Kier molecular flexibility index (Phi) is 7.72. The maximum atomic E-state index is 6.14. The molecule has 2 aliphatic rings. The molecule has 6 nitrogen and oxygen atoms in total. The van der Waals surface area contributed by atoms with Gasteiger partial charge in [-0.15, -0.1) is 0 Å². The van der Waals surface area contributed by atoms with Crippen LogP contribution in [0.3, 0.4) is 0 Å². The molecule has 0 radical (unpaired) electrons. The maximum absolute atomic E-state index is 6.14. The molecule has 0 spiro atoms. The summed E-state index contributed by atoms with van der Waals surface area (Å²) in [6.07, 6.45) is 14.6. The number of benzene rings is 2. The first kappa shape index (κ1) is 24.2. The summed E-state index contributed by atoms with van der Waals surface area (Å²) in [5.41, 5.74) is 5.88. The van der Waals surface area contributed by atoms with E-state index in [2.05, 4.69) is 58.4 Å². The van der Waals surface area contributed by atoms with Crippen molar-refractivity contribution >= 4 is 11.0 Å². The second kappa shape index (κ2) is 11.5. The Labute approximate surface area is 213 Å². The van der Waals surface area contributed by atoms with Gasteiger partial charge in [-0.1, -0.05) is 24.3 Å². The van der Waals surface area contributed by atoms with Gasteiger partial charge in [0, 0.05) is 6.54 Å². The minimum absolute atomic E-state index is 0.481. The number of imidazole rings is 1. The predicted octanol–water partition coefficient (Wildman–Crippen LogP) is 5.75. The third-order valence-electron chi connectivity index (χ3n) is 7.05. The molecule has 3 aromatic rings. The second-order valence-corrected chi connectivity index (χ2v) is 9.42. The number of ether oxygens (including phenoxy) is 3. The zero-order valence-corrected chi connectivity index (χ0v) is 21.2. The number of aromatic nitrogens is 2. The first-order chi connectivity index (χ1) is 17.7. The second-order valence-electron chi connectivity index (χ2n) is 9.42. The number of piperidine rings is 1. The Bertz CT molecular complexity index is 1280. The molecule has 0 amide bonds. The van der Waals surface area contributed by atoms with E-state index in [4.69, 9.17) is 19.2 Å². The van der Waals surface area contributed by atoms with Crippen LogP contribution in [0.5, 0.6) is 11.5 Å². The summed E-state index contributed by atoms with van der Waals surface area (Å²) in [5, 5.41) is 3.45. The van der Waals surface area contributed by atoms with Crippen LogP contribution < -0.4 is 14.8 Å². The zero-order chi connectivity index (χ0) is 24.7. The number of nitrogens with zero attached hydrogens (tertiary/aromatic N) is 2. The van der Waals surface area contributed by atoms with Gasteiger partial charge in [0.2, 0.25) is 0 Å². The quantitative estimate of drug-likeness (QED) is 0.441. The van der Waals surface area contributed by atoms with Gasteiger partial charge in [-0.05, 0) is 97.8 Å². The molecular weight excluding hydrogens is 450 g/mol. The van der Waals surface area contributed by atoms with Gasteiger partial charge in [0.25, 0.3) is 0 Å². The Morgan fingerprint density at radius 2 is 1.81 bits per heavy atom. The van der Waals surface area contributed by atoms with Crippen molar-refractivity contribution in [3.8, 4) is 11.5 Å². The van der Waals surface area contributed by atoms with Gasteiger partial charge in [-0.2, -0.15) is 0 Å². The van der Waals surface area contributed by atoms with Gasteiger partial charge >= 0.3 is 0 Å². The normalized spacial score (nSPS) is 20.5. The summed E-state index contributed by atoms with van der Waals surface area (Å²) in [6, 6.07) is 12.9. The van der Waals surface area contributed by atoms with Crippen LogP contribution >= 0.6 is 0 Å². The minimum Gasteiger partial charge on any atom is -0.497 e. The maximum Gasteiger partial charge on any atom is 0.161 e. The third kappa shape index (κ3) is 5.65. The van der Waals surface area contributed by atoms with Crippen molar-refractivity contribution in [1.29, 1.82) is 0 Å². The molecule has 0 saturated carbocycles. The molecule has 36 heavy (non-hydrogen) atoms. The molecule has 1 saturated heterocycles. The standard InChI is InChI=1S/C30H35N3O3/c1-34-26-6-4-3-5-22(7-10-26)20-36-29-12-8-23(17-30(29)35-2)19-33-21-32-27-18-25(9-11-28(27)33)24-13-15-31-16-14-24/h5-12,17-18,21,24,31H,3-4,13-16,19-20H2,1-2H3/b10-7-,22-5-,26-6+. The smallest absolute Gasteiger partial charge is 0.161 e. The summed E-state index contributed by atoms with van der Waals surface area (Å²) < 4.78 is 19.4. The van der Waals surface area contributed by atoms with Crippen molar-refractivity contribution in [2.24, 2.45) is 0 Å². The third-order valence-corrected chi connectivity index (χ3v) is 7.05. The highest BCUT2D eigenvalue weighted by Crippen LogP contribution is 2.31. The van der Waals surface area contributed by atoms with E-state index in [1.807, 2.05) is 18.5 Å². The zero-order valence-electron chi connectivity index (χ0n) is 21.2. The number of hydrogen-bond acceptors (Lipinski definition) is 5. The van der Waals surface area contributed by atoms with E-state index < -0.39 is 0 Å². The SMILES string of the molecule is COC1=C/CC/C=C(COc2ccc(Cn3cnc4cc(C5CCNCC5)ccc43)cc2OC)/C=C\1. The molecule has 6 heteroatoms. The average molecular weight is 486 g/mol. The Morgan fingerprint density at radius 3 is 2.64 bits per heavy atom. The number of methoxy groups -OCH3 is 2. The van der Waals surface area contributed by atoms with E-state index in [1.165, 1.54) is 18.4 Å². The highest BCUT2D eigenvalue weighted by molar-refractivity contribution is 5.76. The van der Waals surface area contributed by atoms with Crippen LogP contribution in [0.4, 0.5) is 0 Å². The Morgan fingerprint density at radius 1 is 0.944 bits per heavy atom. The average Bonchev–Trinajstić information content (AvgIpc) is 3.31. The van der Waals surface area contributed by atoms with E-state index in [-0.39, 0.29) is 0 Å². The van der Waals surface area contributed by atoms with Gasteiger partial charge < -0.3 is 24.1 Å². The Balaban J connectivity index is 1.27. The van der Waals surface area contributed by atoms with Crippen LogP contribution in [0.1, 0.15) is 42.7 Å². The van der Waals surface area contributed by atoms with Crippen LogP contribution in [0, 0.1) is 0 Å². The van der Waals surface area contributed by atoms with Crippen LogP contribution in [0.2, 0.25) is 0 Å². The van der Waals surface area contributed by atoms with Gasteiger partial charge in [-0.25, -0.2) is 4.98 Å². The molecule has 0 atom stereocenters. The number of hydrogen-bond donors (Lipinski definition) is 1. The fourth-order valence-corrected chi connectivity index (χ4v) is 4.98. The first-order valence-electron chi connectivity index (χ1n) is 12.8. The summed E-state index contributed by atoms with van der Waals surface area (Å²) in [4.78, 5) is 4.70. The van der Waals surface area contributed by atoms with E-state index in [0.717, 1.165) is 71.9 Å². The van der Waals surface area contributed by atoms with E-state index >= 15 is 0 Å². The fourth-order valence-electron chi connectivity index (χ4n) is 4.98. The molecule has 1 aliphatic heterocycles. The molecule has 0 bridgehead atoms. The van der Waals surface area contributed by atoms with Crippen LogP contribution in [0.15, 0.2) is 78.4 Å². The Hall–Kier alpha value is -3.51. The van der Waals surface area contributed by atoms with Crippen molar-refractivity contribution in [2.45, 2.75) is 38.1 Å². The van der Waals surface area contributed by atoms with Crippen molar-refractivity contribution < 1.29 is 14.2 Å². The number of fused-ring (bicyclic) bond motifs is 1. The fraction of sp³-hybridized carbons (Fsp3) is 0.367. The molecule has 5 rings (SSSR count). The van der Waals surface area contributed by atoms with Crippen molar-refractivity contribution in [1.82, 2.24) is 14.9 Å². The summed E-state index contributed by atoms with van der Waals surface area (Å²) in [7, 11) is 3.38. The van der Waals surface area contributed by atoms with E-state index in [9.17, 15) is 0 Å². The lowest BCUT2D eigenvalue weighted by Gasteiger charge is -2.22. The number of rotatable bonds is 8. The largest absolute Gasteiger partial charge is 0.497 e. The highest BCUT2D eigenvalue weighted by atomic mass is 16.5. The van der Waals surface area contributed by atoms with Gasteiger partial charge in [0.15, 0.2) is 11.5 Å². The van der Waals surface area contributed by atoms with E-state index in [1.54, 1.807) is 14.2 Å². The lowest BCUT2D eigenvalue weighted by Crippen LogP contribution is -2.26. The van der Waals surface area contributed by atoms with Gasteiger partial charge in [-0.3, -0.25) is 0 Å². The predicted molar refractivity (Wildman–Crippen MR) is 144 cm³/mol. The monoisotopic (exact) mass is 485 g/mol. The van der Waals surface area contributed by atoms with Gasteiger partial charge in [0.05, 0.1) is 31.6 Å². The molecule has 1 N–H and O–H groups in total. The molecular formula is C30H35N3O3. The molecule has 1 aromatic heterocycles. The summed E-state index contributed by atoms with van der Waals surface area (Å²) >= 11 is 0. The highest BCUT2D eigenvalue weighted by Gasteiger charge is 2.16. The lowest BCUT2D eigenvalue weighted by atomic mass is 9.90. The topological polar surface area (TPSA) is 57.5 Å². The summed E-state index contributed by atoms with van der Waals surface area (Å²) in [6.45, 7) is 3.40. The molecule has 1 fully saturated rings. The van der Waals surface area contributed by atoms with Crippen LogP contribution in [0.25, 0.3) is 11.0 Å². The first-order valence-corrected chi connectivity index (χ1v) is 12.8. The van der Waals surface area contributed by atoms with Crippen molar-refractivity contribution in [3.05, 3.63) is 89.5 Å². The van der Waals surface area contributed by atoms with Crippen molar-refractivity contribution in [3.63, 3.8) is 0 Å². The number of allylic oxidation sites excluding steroid dienone is 3. The number of nitrogens with one attached hydrogen (secondary N) is 1. The van der Waals surface area contributed by atoms with Gasteiger partial charge in [0.1, 0.15) is 12.4 Å². The van der Waals surface area contributed by atoms with Crippen LogP contribution in [-0.2, 0) is 11.3 Å². The summed E-state index contributed by atoms with van der Waals surface area (Å²) in [5.74, 6) is 2.99. The molecule has 2 heterocycles. The molecule has 0 unspecified atom stereocenters.